The molecule has 0 radical (unpaired) electrons. The molecule has 1 aliphatic rings. The van der Waals surface area contributed by atoms with Gasteiger partial charge in [0.2, 0.25) is 0 Å². The van der Waals surface area contributed by atoms with Crippen molar-refractivity contribution in [2.24, 2.45) is 5.92 Å². The second-order valence-electron chi connectivity index (χ2n) is 5.45. The van der Waals surface area contributed by atoms with Crippen LogP contribution in [0.15, 0.2) is 28.7 Å². The Morgan fingerprint density at radius 1 is 1.30 bits per heavy atom. The fourth-order valence-corrected chi connectivity index (χ4v) is 2.57. The van der Waals surface area contributed by atoms with Gasteiger partial charge in [0.15, 0.2) is 12.2 Å². The van der Waals surface area contributed by atoms with E-state index in [2.05, 4.69) is 9.72 Å². The summed E-state index contributed by atoms with van der Waals surface area (Å²) >= 11 is 0. The number of piperidine rings is 1. The molecule has 0 amide bonds. The molecule has 2 heterocycles. The maximum absolute atomic E-state index is 12.1. The molecule has 0 saturated carbocycles. The van der Waals surface area contributed by atoms with Gasteiger partial charge in [-0.2, -0.15) is 18.2 Å². The summed E-state index contributed by atoms with van der Waals surface area (Å²) in [6.45, 7) is -0.561. The molecular formula is C15H15F3N2O3. The number of ether oxygens (including phenoxy) is 1. The largest absolute Gasteiger partial charge is 0.456 e. The van der Waals surface area contributed by atoms with E-state index in [9.17, 15) is 18.0 Å². The molecule has 0 bridgehead atoms. The number of anilines is 1. The first-order valence-corrected chi connectivity index (χ1v) is 7.26. The van der Waals surface area contributed by atoms with Gasteiger partial charge in [0, 0.05) is 13.1 Å². The van der Waals surface area contributed by atoms with Gasteiger partial charge in [-0.05, 0) is 25.0 Å². The smallest absolute Gasteiger partial charge is 0.422 e. The zero-order valence-electron chi connectivity index (χ0n) is 12.2. The third-order valence-electron chi connectivity index (χ3n) is 3.76. The molecular weight excluding hydrogens is 313 g/mol. The normalized spacial score (nSPS) is 16.7. The highest BCUT2D eigenvalue weighted by molar-refractivity contribution is 5.75. The Kier molecular flexibility index (Phi) is 4.14. The monoisotopic (exact) mass is 328 g/mol. The summed E-state index contributed by atoms with van der Waals surface area (Å²) in [6.07, 6.45) is -3.67. The van der Waals surface area contributed by atoms with Crippen LogP contribution in [-0.4, -0.2) is 36.8 Å². The number of hydrogen-bond acceptors (Lipinski definition) is 5. The highest BCUT2D eigenvalue weighted by Crippen LogP contribution is 2.27. The van der Waals surface area contributed by atoms with E-state index in [0.717, 1.165) is 5.52 Å². The Labute approximate surface area is 130 Å². The van der Waals surface area contributed by atoms with Gasteiger partial charge in [0.1, 0.15) is 5.52 Å². The number of rotatable bonds is 3. The molecule has 1 fully saturated rings. The van der Waals surface area contributed by atoms with E-state index < -0.39 is 24.7 Å². The van der Waals surface area contributed by atoms with Gasteiger partial charge in [0.05, 0.1) is 5.92 Å². The zero-order chi connectivity index (χ0) is 16.4. The van der Waals surface area contributed by atoms with Crippen LogP contribution < -0.4 is 4.90 Å². The third kappa shape index (κ3) is 3.75. The van der Waals surface area contributed by atoms with Crippen LogP contribution in [0.3, 0.4) is 0 Å². The molecule has 0 aliphatic carbocycles. The molecule has 2 aromatic rings. The van der Waals surface area contributed by atoms with Gasteiger partial charge in [0.25, 0.3) is 6.01 Å². The summed E-state index contributed by atoms with van der Waals surface area (Å²) in [5.41, 5.74) is 1.42. The average Bonchev–Trinajstić information content (AvgIpc) is 2.96. The van der Waals surface area contributed by atoms with Crippen molar-refractivity contribution in [3.63, 3.8) is 0 Å². The topological polar surface area (TPSA) is 55.6 Å². The minimum absolute atomic E-state index is 0.412. The number of halogens is 3. The summed E-state index contributed by atoms with van der Waals surface area (Å²) in [7, 11) is 0. The predicted octanol–water partition coefficient (Wildman–Crippen LogP) is 3.15. The van der Waals surface area contributed by atoms with Crippen LogP contribution in [0.25, 0.3) is 11.1 Å². The van der Waals surface area contributed by atoms with Gasteiger partial charge in [-0.1, -0.05) is 12.1 Å². The molecule has 0 atom stereocenters. The fourth-order valence-electron chi connectivity index (χ4n) is 2.57. The van der Waals surface area contributed by atoms with Gasteiger partial charge in [-0.3, -0.25) is 4.79 Å². The van der Waals surface area contributed by atoms with Crippen molar-refractivity contribution < 1.29 is 27.1 Å². The van der Waals surface area contributed by atoms with E-state index >= 15 is 0 Å². The van der Waals surface area contributed by atoms with Gasteiger partial charge in [-0.15, -0.1) is 0 Å². The number of hydrogen-bond donors (Lipinski definition) is 0. The number of carbonyl (C=O) groups is 1. The van der Waals surface area contributed by atoms with Gasteiger partial charge in [-0.25, -0.2) is 0 Å². The molecule has 1 saturated heterocycles. The van der Waals surface area contributed by atoms with Crippen molar-refractivity contribution in [2.75, 3.05) is 24.6 Å². The standard InChI is InChI=1S/C15H15F3N2O3/c16-15(17,18)9-22-13(21)10-5-7-20(8-6-10)14-19-11-3-1-2-4-12(11)23-14/h1-4,10H,5-9H2. The van der Waals surface area contributed by atoms with E-state index in [-0.39, 0.29) is 0 Å². The molecule has 1 aromatic heterocycles. The van der Waals surface area contributed by atoms with Crippen molar-refractivity contribution in [3.05, 3.63) is 24.3 Å². The van der Waals surface area contributed by atoms with Crippen molar-refractivity contribution in [1.29, 1.82) is 0 Å². The Hall–Kier alpha value is -2.25. The molecule has 5 nitrogen and oxygen atoms in total. The second kappa shape index (κ2) is 6.10. The highest BCUT2D eigenvalue weighted by Gasteiger charge is 2.33. The molecule has 0 spiro atoms. The predicted molar refractivity (Wildman–Crippen MR) is 76.0 cm³/mol. The number of alkyl halides is 3. The third-order valence-corrected chi connectivity index (χ3v) is 3.76. The van der Waals surface area contributed by atoms with Crippen molar-refractivity contribution in [2.45, 2.75) is 19.0 Å². The molecule has 124 valence electrons. The quantitative estimate of drug-likeness (QED) is 0.810. The van der Waals surface area contributed by atoms with Crippen molar-refractivity contribution in [3.8, 4) is 0 Å². The lowest BCUT2D eigenvalue weighted by atomic mass is 9.97. The van der Waals surface area contributed by atoms with Crippen LogP contribution in [-0.2, 0) is 9.53 Å². The second-order valence-corrected chi connectivity index (χ2v) is 5.45. The molecule has 23 heavy (non-hydrogen) atoms. The van der Waals surface area contributed by atoms with Crippen molar-refractivity contribution in [1.82, 2.24) is 4.98 Å². The minimum atomic E-state index is -4.49. The van der Waals surface area contributed by atoms with E-state index in [0.29, 0.717) is 37.5 Å². The Balaban J connectivity index is 1.56. The summed E-state index contributed by atoms with van der Waals surface area (Å²) < 4.78 is 46.1. The maximum atomic E-state index is 12.1. The molecule has 0 unspecified atom stereocenters. The number of carbonyl (C=O) groups excluding carboxylic acids is 1. The summed E-state index contributed by atoms with van der Waals surface area (Å²) in [5, 5.41) is 0. The van der Waals surface area contributed by atoms with Crippen LogP contribution in [0.5, 0.6) is 0 Å². The Morgan fingerprint density at radius 3 is 2.65 bits per heavy atom. The van der Waals surface area contributed by atoms with Gasteiger partial charge < -0.3 is 14.1 Å². The number of fused-ring (bicyclic) bond motifs is 1. The lowest BCUT2D eigenvalue weighted by molar-refractivity contribution is -0.189. The summed E-state index contributed by atoms with van der Waals surface area (Å²) in [4.78, 5) is 17.9. The number of benzene rings is 1. The van der Waals surface area contributed by atoms with Crippen LogP contribution in [0.4, 0.5) is 19.2 Å². The van der Waals surface area contributed by atoms with E-state index in [1.165, 1.54) is 0 Å². The number of aromatic nitrogens is 1. The fraction of sp³-hybridized carbons (Fsp3) is 0.467. The molecule has 1 aliphatic heterocycles. The van der Waals surface area contributed by atoms with Crippen LogP contribution >= 0.6 is 0 Å². The lowest BCUT2D eigenvalue weighted by Gasteiger charge is -2.29. The first-order chi connectivity index (χ1) is 10.9. The molecule has 1 aromatic carbocycles. The first kappa shape index (κ1) is 15.6. The highest BCUT2D eigenvalue weighted by atomic mass is 19.4. The number of para-hydroxylation sites is 2. The zero-order valence-corrected chi connectivity index (χ0v) is 12.2. The number of nitrogens with zero attached hydrogens (tertiary/aromatic N) is 2. The molecule has 0 N–H and O–H groups in total. The molecule has 8 heteroatoms. The van der Waals surface area contributed by atoms with E-state index in [4.69, 9.17) is 4.42 Å². The van der Waals surface area contributed by atoms with E-state index in [1.807, 2.05) is 29.2 Å². The van der Waals surface area contributed by atoms with Crippen LogP contribution in [0.1, 0.15) is 12.8 Å². The molecule has 3 rings (SSSR count). The maximum Gasteiger partial charge on any atom is 0.422 e. The van der Waals surface area contributed by atoms with Crippen LogP contribution in [0.2, 0.25) is 0 Å². The van der Waals surface area contributed by atoms with E-state index in [1.54, 1.807) is 0 Å². The number of oxazole rings is 1. The SMILES string of the molecule is O=C(OCC(F)(F)F)C1CCN(c2nc3ccccc3o2)CC1. The Bertz CT molecular complexity index is 658. The first-order valence-electron chi connectivity index (χ1n) is 7.26. The van der Waals surface area contributed by atoms with Gasteiger partial charge >= 0.3 is 12.1 Å². The van der Waals surface area contributed by atoms with Crippen molar-refractivity contribution >= 4 is 23.1 Å². The summed E-state index contributed by atoms with van der Waals surface area (Å²) in [5.74, 6) is -1.31. The average molecular weight is 328 g/mol. The summed E-state index contributed by atoms with van der Waals surface area (Å²) in [6, 6.07) is 7.82. The lowest BCUT2D eigenvalue weighted by Crippen LogP contribution is -2.37. The van der Waals surface area contributed by atoms with Crippen LogP contribution in [0, 0.1) is 5.92 Å². The Morgan fingerprint density at radius 2 is 2.00 bits per heavy atom. The minimum Gasteiger partial charge on any atom is -0.456 e. The number of esters is 1.